The first-order valence-corrected chi connectivity index (χ1v) is 7.04. The number of hydrogen-bond donors (Lipinski definition) is 0. The summed E-state index contributed by atoms with van der Waals surface area (Å²) >= 11 is 0. The number of ketones is 1. The summed E-state index contributed by atoms with van der Waals surface area (Å²) in [6.45, 7) is 3.83. The molecule has 0 aliphatic rings. The lowest BCUT2D eigenvalue weighted by molar-refractivity contribution is -0.141. The van der Waals surface area contributed by atoms with E-state index >= 15 is 0 Å². The van der Waals surface area contributed by atoms with Crippen molar-refractivity contribution in [3.63, 3.8) is 0 Å². The summed E-state index contributed by atoms with van der Waals surface area (Å²) in [5.74, 6) is 0.279. The third kappa shape index (κ3) is 4.45. The quantitative estimate of drug-likeness (QED) is 0.467. The Labute approximate surface area is 129 Å². The van der Waals surface area contributed by atoms with Gasteiger partial charge >= 0.3 is 5.97 Å². The molecule has 0 atom stereocenters. The first kappa shape index (κ1) is 15.8. The van der Waals surface area contributed by atoms with E-state index in [-0.39, 0.29) is 25.0 Å². The van der Waals surface area contributed by atoms with E-state index in [4.69, 9.17) is 9.47 Å². The minimum Gasteiger partial charge on any atom is -0.490 e. The van der Waals surface area contributed by atoms with E-state index in [9.17, 15) is 9.59 Å². The normalized spacial score (nSPS) is 10.1. The molecule has 0 radical (unpaired) electrons. The maximum atomic E-state index is 12.3. The molecular weight excluding hydrogens is 280 g/mol. The fourth-order valence-electron chi connectivity index (χ4n) is 1.92. The van der Waals surface area contributed by atoms with Crippen LogP contribution in [0, 0.1) is 6.92 Å². The standard InChI is InChI=1S/C18H18O4/c1-13-3-5-15(6-4-13)18(20)16-7-9-17(10-8-16)22-12-11-21-14(2)19/h3-10H,11-12H2,1-2H3. The number of carbonyl (C=O) groups is 2. The van der Waals surface area contributed by atoms with Gasteiger partial charge in [0, 0.05) is 18.1 Å². The van der Waals surface area contributed by atoms with Crippen LogP contribution in [-0.2, 0) is 9.53 Å². The van der Waals surface area contributed by atoms with E-state index in [2.05, 4.69) is 0 Å². The molecule has 0 aliphatic carbocycles. The second kappa shape index (κ2) is 7.41. The maximum Gasteiger partial charge on any atom is 0.302 e. The molecule has 0 amide bonds. The van der Waals surface area contributed by atoms with Crippen molar-refractivity contribution in [1.29, 1.82) is 0 Å². The average molecular weight is 298 g/mol. The SMILES string of the molecule is CC(=O)OCCOc1ccc(C(=O)c2ccc(C)cc2)cc1. The number of carbonyl (C=O) groups excluding carboxylic acids is 2. The number of ether oxygens (including phenoxy) is 2. The molecule has 0 heterocycles. The summed E-state index contributed by atoms with van der Waals surface area (Å²) in [6.07, 6.45) is 0. The van der Waals surface area contributed by atoms with Crippen molar-refractivity contribution in [3.05, 3.63) is 65.2 Å². The molecule has 0 fully saturated rings. The summed E-state index contributed by atoms with van der Waals surface area (Å²) in [6, 6.07) is 14.4. The van der Waals surface area contributed by atoms with Crippen molar-refractivity contribution in [3.8, 4) is 5.75 Å². The van der Waals surface area contributed by atoms with Gasteiger partial charge in [0.1, 0.15) is 19.0 Å². The molecule has 0 unspecified atom stereocenters. The molecular formula is C18H18O4. The lowest BCUT2D eigenvalue weighted by Crippen LogP contribution is -2.09. The predicted molar refractivity (Wildman–Crippen MR) is 83.2 cm³/mol. The number of hydrogen-bond acceptors (Lipinski definition) is 4. The van der Waals surface area contributed by atoms with Gasteiger partial charge in [-0.15, -0.1) is 0 Å². The summed E-state index contributed by atoms with van der Waals surface area (Å²) in [5.41, 5.74) is 2.39. The molecule has 2 rings (SSSR count). The molecule has 4 heteroatoms. The van der Waals surface area contributed by atoms with Gasteiger partial charge in [0.25, 0.3) is 0 Å². The van der Waals surface area contributed by atoms with Crippen LogP contribution in [0.4, 0.5) is 0 Å². The smallest absolute Gasteiger partial charge is 0.302 e. The first-order chi connectivity index (χ1) is 10.6. The fourth-order valence-corrected chi connectivity index (χ4v) is 1.92. The van der Waals surface area contributed by atoms with Gasteiger partial charge in [0.2, 0.25) is 0 Å². The predicted octanol–water partition coefficient (Wildman–Crippen LogP) is 3.17. The number of rotatable bonds is 6. The fraction of sp³-hybridized carbons (Fsp3) is 0.222. The molecule has 114 valence electrons. The summed E-state index contributed by atoms with van der Waals surface area (Å²) in [7, 11) is 0. The number of benzene rings is 2. The van der Waals surface area contributed by atoms with E-state index in [0.29, 0.717) is 16.9 Å². The lowest BCUT2D eigenvalue weighted by Gasteiger charge is -2.07. The Morgan fingerprint density at radius 2 is 1.41 bits per heavy atom. The van der Waals surface area contributed by atoms with Gasteiger partial charge in [-0.3, -0.25) is 9.59 Å². The van der Waals surface area contributed by atoms with Crippen molar-refractivity contribution < 1.29 is 19.1 Å². The molecule has 0 aromatic heterocycles. The maximum absolute atomic E-state index is 12.3. The molecule has 2 aromatic rings. The van der Waals surface area contributed by atoms with Gasteiger partial charge < -0.3 is 9.47 Å². The van der Waals surface area contributed by atoms with Crippen molar-refractivity contribution in [2.45, 2.75) is 13.8 Å². The largest absolute Gasteiger partial charge is 0.490 e. The van der Waals surface area contributed by atoms with Crippen LogP contribution >= 0.6 is 0 Å². The van der Waals surface area contributed by atoms with E-state index in [0.717, 1.165) is 5.56 Å². The van der Waals surface area contributed by atoms with Crippen molar-refractivity contribution in [1.82, 2.24) is 0 Å². The zero-order chi connectivity index (χ0) is 15.9. The molecule has 4 nitrogen and oxygen atoms in total. The van der Waals surface area contributed by atoms with Gasteiger partial charge in [-0.25, -0.2) is 0 Å². The van der Waals surface area contributed by atoms with Crippen LogP contribution in [0.1, 0.15) is 28.4 Å². The van der Waals surface area contributed by atoms with Gasteiger partial charge in [0.15, 0.2) is 5.78 Å². The lowest BCUT2D eigenvalue weighted by atomic mass is 10.0. The van der Waals surface area contributed by atoms with E-state index in [1.807, 2.05) is 31.2 Å². The minimum absolute atomic E-state index is 0.0218. The van der Waals surface area contributed by atoms with Crippen LogP contribution in [0.5, 0.6) is 5.75 Å². The third-order valence-corrected chi connectivity index (χ3v) is 3.09. The highest BCUT2D eigenvalue weighted by atomic mass is 16.6. The Hall–Kier alpha value is -2.62. The first-order valence-electron chi connectivity index (χ1n) is 7.04. The van der Waals surface area contributed by atoms with E-state index < -0.39 is 0 Å². The topological polar surface area (TPSA) is 52.6 Å². The Bertz CT molecular complexity index is 642. The van der Waals surface area contributed by atoms with Crippen LogP contribution in [0.25, 0.3) is 0 Å². The van der Waals surface area contributed by atoms with Crippen LogP contribution in [0.3, 0.4) is 0 Å². The van der Waals surface area contributed by atoms with Crippen LogP contribution < -0.4 is 4.74 Å². The zero-order valence-corrected chi connectivity index (χ0v) is 12.7. The molecule has 0 saturated carbocycles. The van der Waals surface area contributed by atoms with Gasteiger partial charge in [-0.1, -0.05) is 29.8 Å². The Balaban J connectivity index is 1.95. The van der Waals surface area contributed by atoms with Crippen LogP contribution in [0.2, 0.25) is 0 Å². The van der Waals surface area contributed by atoms with Gasteiger partial charge in [-0.2, -0.15) is 0 Å². The third-order valence-electron chi connectivity index (χ3n) is 3.09. The molecule has 2 aromatic carbocycles. The molecule has 0 saturated heterocycles. The monoisotopic (exact) mass is 298 g/mol. The Morgan fingerprint density at radius 3 is 1.95 bits per heavy atom. The van der Waals surface area contributed by atoms with Crippen molar-refractivity contribution in [2.75, 3.05) is 13.2 Å². The Kier molecular flexibility index (Phi) is 5.31. The van der Waals surface area contributed by atoms with Crippen molar-refractivity contribution in [2.24, 2.45) is 0 Å². The molecule has 0 bridgehead atoms. The second-order valence-corrected chi connectivity index (χ2v) is 4.91. The Morgan fingerprint density at radius 1 is 0.864 bits per heavy atom. The van der Waals surface area contributed by atoms with E-state index in [1.165, 1.54) is 6.92 Å². The zero-order valence-electron chi connectivity index (χ0n) is 12.7. The van der Waals surface area contributed by atoms with Crippen LogP contribution in [-0.4, -0.2) is 25.0 Å². The minimum atomic E-state index is -0.331. The summed E-state index contributed by atoms with van der Waals surface area (Å²) in [5, 5.41) is 0. The number of aryl methyl sites for hydroxylation is 1. The van der Waals surface area contributed by atoms with E-state index in [1.54, 1.807) is 24.3 Å². The molecule has 0 N–H and O–H groups in total. The van der Waals surface area contributed by atoms with Crippen LogP contribution in [0.15, 0.2) is 48.5 Å². The molecule has 0 spiro atoms. The average Bonchev–Trinajstić information content (AvgIpc) is 2.52. The summed E-state index contributed by atoms with van der Waals surface area (Å²) < 4.78 is 10.2. The van der Waals surface area contributed by atoms with Crippen molar-refractivity contribution >= 4 is 11.8 Å². The number of esters is 1. The second-order valence-electron chi connectivity index (χ2n) is 4.91. The molecule has 22 heavy (non-hydrogen) atoms. The van der Waals surface area contributed by atoms with Gasteiger partial charge in [0.05, 0.1) is 0 Å². The summed E-state index contributed by atoms with van der Waals surface area (Å²) in [4.78, 5) is 22.9. The highest BCUT2D eigenvalue weighted by Crippen LogP contribution is 2.16. The highest BCUT2D eigenvalue weighted by Gasteiger charge is 2.08. The highest BCUT2D eigenvalue weighted by molar-refractivity contribution is 6.09. The molecule has 0 aliphatic heterocycles. The van der Waals surface area contributed by atoms with Gasteiger partial charge in [-0.05, 0) is 31.2 Å².